The number of hydrogen-bond donors (Lipinski definition) is 2. The lowest BCUT2D eigenvalue weighted by molar-refractivity contribution is -0.117. The normalized spacial score (nSPS) is 10.4. The highest BCUT2D eigenvalue weighted by molar-refractivity contribution is 7.97. The number of amides is 1. The minimum atomic E-state index is -0.327. The van der Waals surface area contributed by atoms with Crippen LogP contribution < -0.4 is 10.9 Å². The summed E-state index contributed by atoms with van der Waals surface area (Å²) >= 11 is 1.28. The van der Waals surface area contributed by atoms with E-state index in [1.807, 2.05) is 31.2 Å². The number of nitrogens with two attached hydrogens (primary N) is 2. The molecule has 0 unspecified atom stereocenters. The molecule has 2 rings (SSSR count). The molecule has 4 N–H and O–H groups in total. The lowest BCUT2D eigenvalue weighted by Gasteiger charge is -2.16. The van der Waals surface area contributed by atoms with E-state index in [0.29, 0.717) is 5.56 Å². The van der Waals surface area contributed by atoms with Crippen LogP contribution in [0.3, 0.4) is 0 Å². The number of benzene rings is 2. The third-order valence-corrected chi connectivity index (χ3v) is 4.96. The molecule has 29 heavy (non-hydrogen) atoms. The summed E-state index contributed by atoms with van der Waals surface area (Å²) in [6.45, 7) is 7.11. The van der Waals surface area contributed by atoms with Gasteiger partial charge in [-0.1, -0.05) is 32.9 Å². The number of hydrogen-bond acceptors (Lipinski definition) is 5. The molecule has 0 aliphatic carbocycles. The lowest BCUT2D eigenvalue weighted by Crippen LogP contribution is -2.17. The van der Waals surface area contributed by atoms with Crippen LogP contribution in [0.15, 0.2) is 41.3 Å². The SMILES string of the molecule is CCc1cc(C#N)cc(C(C)C)c1CC(N)=O.CN(C)Cc1ccc(SN)cc1. The van der Waals surface area contributed by atoms with Crippen LogP contribution in [0.1, 0.15) is 54.5 Å². The van der Waals surface area contributed by atoms with E-state index in [-0.39, 0.29) is 18.2 Å². The van der Waals surface area contributed by atoms with Gasteiger partial charge in [-0.3, -0.25) is 9.93 Å². The molecule has 5 nitrogen and oxygen atoms in total. The van der Waals surface area contributed by atoms with Crippen molar-refractivity contribution in [3.8, 4) is 6.07 Å². The maximum Gasteiger partial charge on any atom is 0.221 e. The van der Waals surface area contributed by atoms with Gasteiger partial charge in [0.2, 0.25) is 5.91 Å². The van der Waals surface area contributed by atoms with Gasteiger partial charge in [0.25, 0.3) is 0 Å². The number of rotatable bonds is 7. The molecule has 0 saturated heterocycles. The Bertz CT molecular complexity index is 839. The Balaban J connectivity index is 0.000000308. The van der Waals surface area contributed by atoms with E-state index in [0.717, 1.165) is 34.6 Å². The number of primary amides is 1. The minimum Gasteiger partial charge on any atom is -0.369 e. The summed E-state index contributed by atoms with van der Waals surface area (Å²) in [5, 5.41) is 14.4. The molecule has 1 amide bonds. The van der Waals surface area contributed by atoms with Gasteiger partial charge < -0.3 is 10.6 Å². The second-order valence-electron chi connectivity index (χ2n) is 7.47. The van der Waals surface area contributed by atoms with Crippen LogP contribution in [0.5, 0.6) is 0 Å². The Kier molecular flexibility index (Phi) is 10.5. The van der Waals surface area contributed by atoms with Gasteiger partial charge in [0, 0.05) is 11.4 Å². The fourth-order valence-corrected chi connectivity index (χ4v) is 3.37. The Hall–Kier alpha value is -2.33. The molecule has 2 aromatic rings. The van der Waals surface area contributed by atoms with Crippen molar-refractivity contribution in [3.05, 3.63) is 64.2 Å². The Morgan fingerprint density at radius 2 is 1.83 bits per heavy atom. The molecule has 0 spiro atoms. The number of nitriles is 1. The second-order valence-corrected chi connectivity index (χ2v) is 8.17. The fraction of sp³-hybridized carbons (Fsp3) is 0.391. The first-order valence-corrected chi connectivity index (χ1v) is 10.5. The number of carbonyl (C=O) groups excluding carboxylic acids is 1. The Morgan fingerprint density at radius 3 is 2.24 bits per heavy atom. The quantitative estimate of drug-likeness (QED) is 0.671. The summed E-state index contributed by atoms with van der Waals surface area (Å²) in [7, 11) is 4.12. The molecule has 0 fully saturated rings. The van der Waals surface area contributed by atoms with Gasteiger partial charge in [0.05, 0.1) is 18.1 Å². The van der Waals surface area contributed by atoms with E-state index in [1.165, 1.54) is 17.5 Å². The standard InChI is InChI=1S/C14H18N2O.C9H14N2S/c1-4-11-5-10(8-15)6-12(9(2)3)13(11)7-14(16)17;1-11(2)7-8-3-5-9(12-10)6-4-8/h5-6,9H,4,7H2,1-3H3,(H2,16,17);3-6H,7,10H2,1-2H3. The maximum absolute atomic E-state index is 11.1. The predicted octanol–water partition coefficient (Wildman–Crippen LogP) is 3.99. The number of nitrogens with zero attached hydrogens (tertiary/aromatic N) is 2. The monoisotopic (exact) mass is 412 g/mol. The molecular formula is C23H32N4OS. The van der Waals surface area contributed by atoms with Crippen LogP contribution in [-0.4, -0.2) is 24.9 Å². The summed E-state index contributed by atoms with van der Waals surface area (Å²) < 4.78 is 0. The molecule has 0 aliphatic heterocycles. The first kappa shape index (κ1) is 24.7. The van der Waals surface area contributed by atoms with Gasteiger partial charge in [-0.05, 0) is 84.9 Å². The second kappa shape index (κ2) is 12.3. The average Bonchev–Trinajstić information content (AvgIpc) is 2.68. The van der Waals surface area contributed by atoms with Crippen molar-refractivity contribution in [1.82, 2.24) is 4.90 Å². The van der Waals surface area contributed by atoms with Crippen molar-refractivity contribution >= 4 is 17.9 Å². The van der Waals surface area contributed by atoms with E-state index < -0.39 is 0 Å². The van der Waals surface area contributed by atoms with Crippen LogP contribution >= 0.6 is 11.9 Å². The highest BCUT2D eigenvalue weighted by Gasteiger charge is 2.14. The highest BCUT2D eigenvalue weighted by Crippen LogP contribution is 2.25. The minimum absolute atomic E-state index is 0.252. The maximum atomic E-state index is 11.1. The van der Waals surface area contributed by atoms with Crippen molar-refractivity contribution < 1.29 is 4.79 Å². The molecule has 2 aromatic carbocycles. The molecule has 0 saturated carbocycles. The molecule has 156 valence electrons. The Labute approximate surface area is 179 Å². The molecule has 0 bridgehead atoms. The molecule has 0 heterocycles. The summed E-state index contributed by atoms with van der Waals surface area (Å²) in [5.41, 5.74) is 10.4. The predicted molar refractivity (Wildman–Crippen MR) is 121 cm³/mol. The van der Waals surface area contributed by atoms with Crippen LogP contribution in [0.4, 0.5) is 0 Å². The zero-order valence-electron chi connectivity index (χ0n) is 18.0. The van der Waals surface area contributed by atoms with E-state index in [4.69, 9.17) is 16.1 Å². The summed E-state index contributed by atoms with van der Waals surface area (Å²) in [6, 6.07) is 14.2. The van der Waals surface area contributed by atoms with Gasteiger partial charge in [-0.15, -0.1) is 0 Å². The van der Waals surface area contributed by atoms with Crippen LogP contribution in [0.2, 0.25) is 0 Å². The van der Waals surface area contributed by atoms with Gasteiger partial charge >= 0.3 is 0 Å². The van der Waals surface area contributed by atoms with Crippen molar-refractivity contribution in [2.45, 2.75) is 51.0 Å². The van der Waals surface area contributed by atoms with Gasteiger partial charge in [0.1, 0.15) is 0 Å². The zero-order chi connectivity index (χ0) is 22.0. The fourth-order valence-electron chi connectivity index (χ4n) is 3.08. The van der Waals surface area contributed by atoms with E-state index in [2.05, 4.69) is 51.0 Å². The zero-order valence-corrected chi connectivity index (χ0v) is 18.8. The molecule has 0 radical (unpaired) electrons. The number of aryl methyl sites for hydroxylation is 1. The molecule has 0 atom stereocenters. The third-order valence-electron chi connectivity index (χ3n) is 4.42. The molecule has 0 aliphatic rings. The van der Waals surface area contributed by atoms with Crippen molar-refractivity contribution in [3.63, 3.8) is 0 Å². The van der Waals surface area contributed by atoms with Crippen molar-refractivity contribution in [2.24, 2.45) is 10.9 Å². The van der Waals surface area contributed by atoms with Crippen LogP contribution in [-0.2, 0) is 24.2 Å². The third kappa shape index (κ3) is 8.28. The van der Waals surface area contributed by atoms with Gasteiger partial charge in [-0.2, -0.15) is 5.26 Å². The molecule has 6 heteroatoms. The lowest BCUT2D eigenvalue weighted by atomic mass is 9.88. The van der Waals surface area contributed by atoms with Crippen molar-refractivity contribution in [2.75, 3.05) is 14.1 Å². The molecular weight excluding hydrogens is 380 g/mol. The summed E-state index contributed by atoms with van der Waals surface area (Å²) in [4.78, 5) is 14.4. The largest absolute Gasteiger partial charge is 0.369 e. The smallest absolute Gasteiger partial charge is 0.221 e. The van der Waals surface area contributed by atoms with Crippen molar-refractivity contribution in [1.29, 1.82) is 5.26 Å². The molecule has 0 aromatic heterocycles. The first-order valence-electron chi connectivity index (χ1n) is 9.66. The van der Waals surface area contributed by atoms with Crippen LogP contribution in [0, 0.1) is 11.3 Å². The summed E-state index contributed by atoms with van der Waals surface area (Å²) in [5.74, 6) is -0.0470. The van der Waals surface area contributed by atoms with Gasteiger partial charge in [-0.25, -0.2) is 0 Å². The van der Waals surface area contributed by atoms with E-state index in [1.54, 1.807) is 0 Å². The summed E-state index contributed by atoms with van der Waals surface area (Å²) in [6.07, 6.45) is 1.06. The first-order chi connectivity index (χ1) is 13.7. The highest BCUT2D eigenvalue weighted by atomic mass is 32.2. The topological polar surface area (TPSA) is 96.1 Å². The average molecular weight is 413 g/mol. The number of carbonyl (C=O) groups is 1. The van der Waals surface area contributed by atoms with Crippen LogP contribution in [0.25, 0.3) is 0 Å². The Morgan fingerprint density at radius 1 is 1.21 bits per heavy atom. The van der Waals surface area contributed by atoms with Gasteiger partial charge in [0.15, 0.2) is 0 Å². The van der Waals surface area contributed by atoms with E-state index >= 15 is 0 Å². The van der Waals surface area contributed by atoms with E-state index in [9.17, 15) is 4.79 Å².